The van der Waals surface area contributed by atoms with Gasteiger partial charge in [0.25, 0.3) is 0 Å². The number of carbonyl (C=O) groups is 2. The number of benzene rings is 3. The number of esters is 1. The van der Waals surface area contributed by atoms with Crippen molar-refractivity contribution in [2.24, 2.45) is 5.92 Å². The highest BCUT2D eigenvalue weighted by Gasteiger charge is 2.40. The van der Waals surface area contributed by atoms with Crippen LogP contribution in [0.25, 0.3) is 22.1 Å². The highest BCUT2D eigenvalue weighted by molar-refractivity contribution is 5.87. The second kappa shape index (κ2) is 12.1. The summed E-state index contributed by atoms with van der Waals surface area (Å²) in [6.45, 7) is 3.80. The maximum Gasteiger partial charge on any atom is 0.450 e. The number of halogens is 3. The molecule has 1 aromatic heterocycles. The van der Waals surface area contributed by atoms with Crippen LogP contribution in [0.4, 0.5) is 18.0 Å². The van der Waals surface area contributed by atoms with Crippen molar-refractivity contribution in [1.29, 1.82) is 0 Å². The predicted octanol–water partition coefficient (Wildman–Crippen LogP) is 6.11. The summed E-state index contributed by atoms with van der Waals surface area (Å²) in [7, 11) is 0. The molecule has 0 saturated heterocycles. The highest BCUT2D eigenvalue weighted by Crippen LogP contribution is 2.40. The van der Waals surface area contributed by atoms with Crippen LogP contribution < -0.4 is 25.0 Å². The molecule has 3 aromatic carbocycles. The number of rotatable bonds is 7. The number of hydrogen-bond donors (Lipinski definition) is 1. The molecular formula is C31H26F3NO8. The van der Waals surface area contributed by atoms with Gasteiger partial charge in [-0.1, -0.05) is 50.2 Å². The Labute approximate surface area is 243 Å². The highest BCUT2D eigenvalue weighted by atomic mass is 19.4. The second-order valence-electron chi connectivity index (χ2n) is 10.00. The topological polar surface area (TPSA) is 113 Å². The molecule has 224 valence electrons. The van der Waals surface area contributed by atoms with Gasteiger partial charge >= 0.3 is 18.2 Å². The van der Waals surface area contributed by atoms with E-state index in [0.29, 0.717) is 5.75 Å². The zero-order valence-electron chi connectivity index (χ0n) is 23.0. The van der Waals surface area contributed by atoms with Gasteiger partial charge in [0.05, 0.1) is 10.9 Å². The van der Waals surface area contributed by atoms with E-state index in [1.807, 2.05) is 6.07 Å². The first-order valence-corrected chi connectivity index (χ1v) is 13.3. The van der Waals surface area contributed by atoms with Crippen molar-refractivity contribution < 1.29 is 46.1 Å². The average Bonchev–Trinajstić information content (AvgIpc) is 2.98. The molecule has 2 heterocycles. The maximum atomic E-state index is 14.2. The molecular weight excluding hydrogens is 571 g/mol. The molecule has 0 saturated carbocycles. The number of ether oxygens (including phenoxy) is 4. The first-order valence-electron chi connectivity index (χ1n) is 13.3. The average molecular weight is 598 g/mol. The Morgan fingerprint density at radius 3 is 2.37 bits per heavy atom. The van der Waals surface area contributed by atoms with Crippen molar-refractivity contribution >= 4 is 23.0 Å². The molecule has 1 amide bonds. The number of hydrogen-bond acceptors (Lipinski definition) is 8. The van der Waals surface area contributed by atoms with Crippen LogP contribution in [0.5, 0.6) is 17.2 Å². The maximum absolute atomic E-state index is 14.2. The molecule has 0 unspecified atom stereocenters. The number of nitrogens with one attached hydrogen (secondary N) is 1. The van der Waals surface area contributed by atoms with Crippen LogP contribution in [0.2, 0.25) is 0 Å². The lowest BCUT2D eigenvalue weighted by Gasteiger charge is -2.21. The van der Waals surface area contributed by atoms with Gasteiger partial charge < -0.3 is 28.7 Å². The summed E-state index contributed by atoms with van der Waals surface area (Å²) in [4.78, 5) is 38.7. The summed E-state index contributed by atoms with van der Waals surface area (Å²) < 4.78 is 69.1. The molecule has 1 aliphatic heterocycles. The minimum atomic E-state index is -5.03. The largest absolute Gasteiger partial charge is 0.486 e. The summed E-state index contributed by atoms with van der Waals surface area (Å²) in [5.41, 5.74) is -1.40. The Balaban J connectivity index is 1.40. The van der Waals surface area contributed by atoms with E-state index in [2.05, 4.69) is 5.32 Å². The van der Waals surface area contributed by atoms with E-state index in [1.165, 1.54) is 30.3 Å². The third-order valence-electron chi connectivity index (χ3n) is 6.58. The van der Waals surface area contributed by atoms with E-state index < -0.39 is 52.5 Å². The standard InChI is InChI=1S/C31H26F3NO8/c1-17(2)26(35-30(38)41-16-18-6-4-3-5-7-18)29(37)42-20-9-10-21-23(15-20)43-28(31(32,33)34)25(27(21)36)19-8-11-22-24(14-19)40-13-12-39-22/h3-11,14-15,17,26H,12-13,16H2,1-2H3,(H,35,38)/t26-/m1/s1. The zero-order chi connectivity index (χ0) is 30.7. The number of amides is 1. The molecule has 12 heteroatoms. The van der Waals surface area contributed by atoms with Crippen molar-refractivity contribution in [1.82, 2.24) is 5.32 Å². The molecule has 0 radical (unpaired) electrons. The molecule has 0 fully saturated rings. The molecule has 43 heavy (non-hydrogen) atoms. The summed E-state index contributed by atoms with van der Waals surface area (Å²) in [6, 6.07) is 15.3. The SMILES string of the molecule is CC(C)[C@@H](NC(=O)OCc1ccccc1)C(=O)Oc1ccc2c(=O)c(-c3ccc4c(c3)OCCO4)c(C(F)(F)F)oc2c1. The first-order chi connectivity index (χ1) is 20.5. The Kier molecular flexibility index (Phi) is 8.29. The van der Waals surface area contributed by atoms with E-state index in [9.17, 15) is 27.6 Å². The van der Waals surface area contributed by atoms with Gasteiger partial charge in [-0.2, -0.15) is 13.2 Å². The van der Waals surface area contributed by atoms with Crippen LogP contribution >= 0.6 is 0 Å². The van der Waals surface area contributed by atoms with Gasteiger partial charge in [0.2, 0.25) is 11.2 Å². The van der Waals surface area contributed by atoms with Crippen molar-refractivity contribution in [3.05, 3.63) is 88.3 Å². The fraction of sp³-hybridized carbons (Fsp3) is 0.258. The third-order valence-corrected chi connectivity index (χ3v) is 6.58. The predicted molar refractivity (Wildman–Crippen MR) is 148 cm³/mol. The van der Waals surface area contributed by atoms with Gasteiger partial charge in [0, 0.05) is 6.07 Å². The van der Waals surface area contributed by atoms with E-state index in [4.69, 9.17) is 23.4 Å². The molecule has 4 aromatic rings. The van der Waals surface area contributed by atoms with E-state index in [1.54, 1.807) is 38.1 Å². The number of carbonyl (C=O) groups excluding carboxylic acids is 2. The van der Waals surface area contributed by atoms with Gasteiger partial charge in [0.1, 0.15) is 37.2 Å². The lowest BCUT2D eigenvalue weighted by atomic mass is 10.0. The molecule has 1 atom stereocenters. The minimum absolute atomic E-state index is 0.0218. The minimum Gasteiger partial charge on any atom is -0.486 e. The summed E-state index contributed by atoms with van der Waals surface area (Å²) in [5.74, 6) is -2.48. The lowest BCUT2D eigenvalue weighted by Crippen LogP contribution is -2.46. The van der Waals surface area contributed by atoms with Crippen molar-refractivity contribution in [2.75, 3.05) is 13.2 Å². The summed E-state index contributed by atoms with van der Waals surface area (Å²) >= 11 is 0. The summed E-state index contributed by atoms with van der Waals surface area (Å²) in [6.07, 6.45) is -5.89. The monoisotopic (exact) mass is 597 g/mol. The fourth-order valence-corrected chi connectivity index (χ4v) is 4.47. The van der Waals surface area contributed by atoms with Gasteiger partial charge in [-0.05, 0) is 41.3 Å². The number of fused-ring (bicyclic) bond motifs is 2. The molecule has 1 aliphatic rings. The first kappa shape index (κ1) is 29.5. The van der Waals surface area contributed by atoms with Crippen LogP contribution in [0.1, 0.15) is 25.2 Å². The summed E-state index contributed by atoms with van der Waals surface area (Å²) in [5, 5.41) is 2.29. The van der Waals surface area contributed by atoms with Gasteiger partial charge in [-0.25, -0.2) is 9.59 Å². The number of alkyl halides is 3. The smallest absolute Gasteiger partial charge is 0.450 e. The Morgan fingerprint density at radius 1 is 0.953 bits per heavy atom. The van der Waals surface area contributed by atoms with Crippen LogP contribution in [-0.4, -0.2) is 31.3 Å². The van der Waals surface area contributed by atoms with Gasteiger partial charge in [0.15, 0.2) is 11.5 Å². The molecule has 1 N–H and O–H groups in total. The molecule has 5 rings (SSSR count). The van der Waals surface area contributed by atoms with Crippen LogP contribution in [0.15, 0.2) is 75.9 Å². The van der Waals surface area contributed by atoms with Gasteiger partial charge in [-0.3, -0.25) is 4.79 Å². The second-order valence-corrected chi connectivity index (χ2v) is 10.00. The van der Waals surface area contributed by atoms with Crippen LogP contribution in [0.3, 0.4) is 0 Å². The molecule has 0 spiro atoms. The van der Waals surface area contributed by atoms with E-state index in [-0.39, 0.29) is 42.3 Å². The van der Waals surface area contributed by atoms with Crippen molar-refractivity contribution in [3.63, 3.8) is 0 Å². The quantitative estimate of drug-likeness (QED) is 0.201. The Hall–Kier alpha value is -5.00. The van der Waals surface area contributed by atoms with Crippen molar-refractivity contribution in [2.45, 2.75) is 32.7 Å². The van der Waals surface area contributed by atoms with Crippen molar-refractivity contribution in [3.8, 4) is 28.4 Å². The Morgan fingerprint density at radius 2 is 1.67 bits per heavy atom. The molecule has 9 nitrogen and oxygen atoms in total. The van der Waals surface area contributed by atoms with E-state index in [0.717, 1.165) is 11.6 Å². The van der Waals surface area contributed by atoms with Crippen LogP contribution in [0, 0.1) is 5.92 Å². The fourth-order valence-electron chi connectivity index (χ4n) is 4.47. The normalized spacial score (nSPS) is 13.4. The Bertz CT molecular complexity index is 1720. The van der Waals surface area contributed by atoms with E-state index >= 15 is 0 Å². The molecule has 0 bridgehead atoms. The van der Waals surface area contributed by atoms with Crippen LogP contribution in [-0.2, 0) is 22.3 Å². The lowest BCUT2D eigenvalue weighted by molar-refractivity contribution is -0.152. The molecule has 0 aliphatic carbocycles. The third kappa shape index (κ3) is 6.58. The zero-order valence-corrected chi connectivity index (χ0v) is 23.0. The van der Waals surface area contributed by atoms with Gasteiger partial charge in [-0.15, -0.1) is 0 Å². The number of alkyl carbamates (subject to hydrolysis) is 1.